The van der Waals surface area contributed by atoms with Gasteiger partial charge in [0.05, 0.1) is 0 Å². The lowest BCUT2D eigenvalue weighted by atomic mass is 10.1. The molecule has 3 nitrogen and oxygen atoms in total. The number of ether oxygens (including phenoxy) is 1. The third kappa shape index (κ3) is 4.36. The van der Waals surface area contributed by atoms with Crippen LogP contribution in [0.3, 0.4) is 0 Å². The maximum Gasteiger partial charge on any atom is 0.326 e. The van der Waals surface area contributed by atoms with Crippen LogP contribution in [0, 0.1) is 0 Å². The molecule has 0 unspecified atom stereocenters. The Morgan fingerprint density at radius 1 is 1.47 bits per heavy atom. The zero-order valence-corrected chi connectivity index (χ0v) is 11.2. The highest BCUT2D eigenvalue weighted by molar-refractivity contribution is 6.30. The Balaban J connectivity index is 2.54. The lowest BCUT2D eigenvalue weighted by Gasteiger charge is -2.23. The summed E-state index contributed by atoms with van der Waals surface area (Å²) in [7, 11) is 0. The second-order valence-electron chi connectivity index (χ2n) is 4.36. The summed E-state index contributed by atoms with van der Waals surface area (Å²) in [5, 5.41) is 3.71. The summed E-state index contributed by atoms with van der Waals surface area (Å²) in [5.74, 6) is -0.265. The van der Waals surface area contributed by atoms with Gasteiger partial charge in [0.15, 0.2) is 0 Å². The van der Waals surface area contributed by atoms with E-state index in [4.69, 9.17) is 16.3 Å². The van der Waals surface area contributed by atoms with Crippen molar-refractivity contribution >= 4 is 17.6 Å². The molecule has 1 aromatic rings. The molecule has 0 radical (unpaired) electrons. The number of likely N-dealkylation sites (N-methyl/N-ethyl adjacent to an activating group) is 1. The van der Waals surface area contributed by atoms with Gasteiger partial charge >= 0.3 is 5.97 Å². The van der Waals surface area contributed by atoms with Gasteiger partial charge in [0.2, 0.25) is 0 Å². The van der Waals surface area contributed by atoms with Gasteiger partial charge in [0.1, 0.15) is 12.1 Å². The van der Waals surface area contributed by atoms with Gasteiger partial charge in [0.25, 0.3) is 0 Å². The summed E-state index contributed by atoms with van der Waals surface area (Å²) in [6.07, 6.45) is 0. The van der Waals surface area contributed by atoms with Crippen LogP contribution in [0.25, 0.3) is 0 Å². The summed E-state index contributed by atoms with van der Waals surface area (Å²) in [6.45, 7) is 6.52. The van der Waals surface area contributed by atoms with Gasteiger partial charge in [-0.15, -0.1) is 0 Å². The number of halogens is 1. The number of esters is 1. The Morgan fingerprint density at radius 2 is 2.18 bits per heavy atom. The summed E-state index contributed by atoms with van der Waals surface area (Å²) < 4.78 is 5.24. The van der Waals surface area contributed by atoms with Crippen molar-refractivity contribution in [2.24, 2.45) is 0 Å². The summed E-state index contributed by atoms with van der Waals surface area (Å²) in [6, 6.07) is 7.28. The van der Waals surface area contributed by atoms with Crippen LogP contribution in [0.5, 0.6) is 0 Å². The third-order valence-corrected chi connectivity index (χ3v) is 2.62. The fraction of sp³-hybridized carbons (Fsp3) is 0.462. The first-order valence-corrected chi connectivity index (χ1v) is 6.00. The van der Waals surface area contributed by atoms with E-state index in [2.05, 4.69) is 5.32 Å². The average Bonchev–Trinajstić information content (AvgIpc) is 2.26. The quantitative estimate of drug-likeness (QED) is 0.823. The zero-order chi connectivity index (χ0) is 12.9. The van der Waals surface area contributed by atoms with Crippen LogP contribution in [-0.2, 0) is 16.1 Å². The molecule has 0 saturated carbocycles. The van der Waals surface area contributed by atoms with Gasteiger partial charge in [0, 0.05) is 5.02 Å². The molecule has 0 atom stereocenters. The highest BCUT2D eigenvalue weighted by atomic mass is 35.5. The van der Waals surface area contributed by atoms with Crippen molar-refractivity contribution in [3.05, 3.63) is 34.9 Å². The Bertz CT molecular complexity index is 391. The smallest absolute Gasteiger partial charge is 0.326 e. The van der Waals surface area contributed by atoms with E-state index in [1.807, 2.05) is 19.1 Å². The van der Waals surface area contributed by atoms with Crippen molar-refractivity contribution in [2.75, 3.05) is 6.54 Å². The van der Waals surface area contributed by atoms with Gasteiger partial charge in [-0.05, 0) is 38.1 Å². The maximum absolute atomic E-state index is 11.8. The van der Waals surface area contributed by atoms with Crippen molar-refractivity contribution in [2.45, 2.75) is 32.9 Å². The molecule has 0 spiro atoms. The molecule has 0 aliphatic rings. The van der Waals surface area contributed by atoms with Crippen molar-refractivity contribution in [1.29, 1.82) is 0 Å². The van der Waals surface area contributed by atoms with Crippen LogP contribution in [0.1, 0.15) is 26.3 Å². The highest BCUT2D eigenvalue weighted by Crippen LogP contribution is 2.13. The lowest BCUT2D eigenvalue weighted by Crippen LogP contribution is -2.47. The normalized spacial score (nSPS) is 11.3. The third-order valence-electron chi connectivity index (χ3n) is 2.39. The molecule has 0 saturated heterocycles. The first-order chi connectivity index (χ1) is 7.95. The lowest BCUT2D eigenvalue weighted by molar-refractivity contribution is -0.151. The predicted octanol–water partition coefficient (Wildman–Crippen LogP) is 2.77. The van der Waals surface area contributed by atoms with E-state index >= 15 is 0 Å². The summed E-state index contributed by atoms with van der Waals surface area (Å²) >= 11 is 5.85. The Kier molecular flexibility index (Phi) is 4.97. The van der Waals surface area contributed by atoms with Crippen molar-refractivity contribution < 1.29 is 9.53 Å². The number of hydrogen-bond donors (Lipinski definition) is 1. The average molecular weight is 256 g/mol. The zero-order valence-electron chi connectivity index (χ0n) is 10.4. The van der Waals surface area contributed by atoms with E-state index < -0.39 is 5.54 Å². The molecule has 1 aromatic carbocycles. The number of carbonyl (C=O) groups is 1. The monoisotopic (exact) mass is 255 g/mol. The summed E-state index contributed by atoms with van der Waals surface area (Å²) in [5.41, 5.74) is 0.228. The van der Waals surface area contributed by atoms with Crippen LogP contribution in [0.15, 0.2) is 24.3 Å². The highest BCUT2D eigenvalue weighted by Gasteiger charge is 2.27. The van der Waals surface area contributed by atoms with Gasteiger partial charge in [-0.25, -0.2) is 0 Å². The number of nitrogens with one attached hydrogen (secondary N) is 1. The van der Waals surface area contributed by atoms with E-state index in [0.29, 0.717) is 5.02 Å². The van der Waals surface area contributed by atoms with Gasteiger partial charge in [-0.2, -0.15) is 0 Å². The second-order valence-corrected chi connectivity index (χ2v) is 4.80. The molecule has 1 N–H and O–H groups in total. The van der Waals surface area contributed by atoms with Crippen LogP contribution in [0.2, 0.25) is 5.02 Å². The van der Waals surface area contributed by atoms with E-state index in [1.165, 1.54) is 0 Å². The standard InChI is InChI=1S/C13H18ClNO2/c1-4-15-13(2,3)12(16)17-9-10-6-5-7-11(14)8-10/h5-8,15H,4,9H2,1-3H3. The van der Waals surface area contributed by atoms with Crippen LogP contribution < -0.4 is 5.32 Å². The van der Waals surface area contributed by atoms with E-state index in [1.54, 1.807) is 26.0 Å². The molecule has 4 heteroatoms. The van der Waals surface area contributed by atoms with Crippen molar-refractivity contribution in [3.63, 3.8) is 0 Å². The molecule has 0 fully saturated rings. The SMILES string of the molecule is CCNC(C)(C)C(=O)OCc1cccc(Cl)c1. The van der Waals surface area contributed by atoms with Crippen LogP contribution in [0.4, 0.5) is 0 Å². The molecule has 0 aliphatic carbocycles. The topological polar surface area (TPSA) is 38.3 Å². The summed E-state index contributed by atoms with van der Waals surface area (Å²) in [4.78, 5) is 11.8. The second kappa shape index (κ2) is 6.03. The van der Waals surface area contributed by atoms with Gasteiger partial charge in [-0.3, -0.25) is 4.79 Å². The molecule has 0 aromatic heterocycles. The maximum atomic E-state index is 11.8. The molecule has 0 amide bonds. The molecular weight excluding hydrogens is 238 g/mol. The molecule has 17 heavy (non-hydrogen) atoms. The minimum atomic E-state index is -0.659. The van der Waals surface area contributed by atoms with Crippen LogP contribution in [-0.4, -0.2) is 18.1 Å². The number of hydrogen-bond acceptors (Lipinski definition) is 3. The first-order valence-electron chi connectivity index (χ1n) is 5.62. The molecule has 0 heterocycles. The number of benzene rings is 1. The predicted molar refractivity (Wildman–Crippen MR) is 69.0 cm³/mol. The Hall–Kier alpha value is -1.06. The first kappa shape index (κ1) is 14.0. The Morgan fingerprint density at radius 3 is 2.76 bits per heavy atom. The van der Waals surface area contributed by atoms with E-state index in [0.717, 1.165) is 12.1 Å². The van der Waals surface area contributed by atoms with E-state index in [9.17, 15) is 4.79 Å². The molecule has 94 valence electrons. The Labute approximate surface area is 107 Å². The minimum absolute atomic E-state index is 0.244. The minimum Gasteiger partial charge on any atom is -0.459 e. The van der Waals surface area contributed by atoms with Crippen molar-refractivity contribution in [3.8, 4) is 0 Å². The van der Waals surface area contributed by atoms with E-state index in [-0.39, 0.29) is 12.6 Å². The largest absolute Gasteiger partial charge is 0.459 e. The van der Waals surface area contributed by atoms with Crippen LogP contribution >= 0.6 is 11.6 Å². The number of carbonyl (C=O) groups excluding carboxylic acids is 1. The fourth-order valence-electron chi connectivity index (χ4n) is 1.47. The molecular formula is C13H18ClNO2. The van der Waals surface area contributed by atoms with Crippen molar-refractivity contribution in [1.82, 2.24) is 5.32 Å². The number of rotatable bonds is 5. The molecule has 0 bridgehead atoms. The van der Waals surface area contributed by atoms with Gasteiger partial charge < -0.3 is 10.1 Å². The van der Waals surface area contributed by atoms with Gasteiger partial charge in [-0.1, -0.05) is 30.7 Å². The fourth-order valence-corrected chi connectivity index (χ4v) is 1.68. The molecule has 0 aliphatic heterocycles. The molecule has 1 rings (SSSR count).